The summed E-state index contributed by atoms with van der Waals surface area (Å²) in [6.07, 6.45) is 0.954. The second kappa shape index (κ2) is 6.40. The highest BCUT2D eigenvalue weighted by molar-refractivity contribution is 6.30. The molecule has 0 aliphatic carbocycles. The fraction of sp³-hybridized carbons (Fsp3) is 0.571. The van der Waals surface area contributed by atoms with Gasteiger partial charge in [0.25, 0.3) is 0 Å². The SMILES string of the molecule is CC1(C)CN(Cc2cc(Cl)ccc2F)CCC1N.Cl. The second-order valence-corrected chi connectivity index (χ2v) is 6.27. The van der Waals surface area contributed by atoms with Crippen LogP contribution in [0.1, 0.15) is 25.8 Å². The minimum Gasteiger partial charge on any atom is -0.327 e. The summed E-state index contributed by atoms with van der Waals surface area (Å²) in [6, 6.07) is 4.94. The Labute approximate surface area is 125 Å². The quantitative estimate of drug-likeness (QED) is 0.906. The zero-order valence-corrected chi connectivity index (χ0v) is 12.9. The molecular weight excluding hydrogens is 286 g/mol. The zero-order chi connectivity index (χ0) is 13.3. The second-order valence-electron chi connectivity index (χ2n) is 5.83. The van der Waals surface area contributed by atoms with Crippen LogP contribution in [0.3, 0.4) is 0 Å². The standard InChI is InChI=1S/C14H20ClFN2.ClH/c1-14(2)9-18(6-5-13(14)17)8-10-7-11(15)3-4-12(10)16;/h3-4,7,13H,5-6,8-9,17H2,1-2H3;1H. The molecule has 2 rings (SSSR count). The average molecular weight is 307 g/mol. The summed E-state index contributed by atoms with van der Waals surface area (Å²) in [6.45, 7) is 6.73. The van der Waals surface area contributed by atoms with Crippen LogP contribution in [-0.2, 0) is 6.54 Å². The molecule has 1 aliphatic heterocycles. The van der Waals surface area contributed by atoms with Gasteiger partial charge in [0.2, 0.25) is 0 Å². The molecule has 1 fully saturated rings. The van der Waals surface area contributed by atoms with E-state index < -0.39 is 0 Å². The first kappa shape index (κ1) is 16.7. The third kappa shape index (κ3) is 4.06. The van der Waals surface area contributed by atoms with E-state index in [0.717, 1.165) is 19.5 Å². The Bertz CT molecular complexity index is 437. The first-order valence-corrected chi connectivity index (χ1v) is 6.68. The number of nitrogens with zero attached hydrogens (tertiary/aromatic N) is 1. The van der Waals surface area contributed by atoms with E-state index in [9.17, 15) is 4.39 Å². The molecule has 1 unspecified atom stereocenters. The molecule has 0 bridgehead atoms. The van der Waals surface area contributed by atoms with Crippen LogP contribution in [0.15, 0.2) is 18.2 Å². The number of nitrogens with two attached hydrogens (primary N) is 1. The van der Waals surface area contributed by atoms with Crippen molar-refractivity contribution in [1.82, 2.24) is 4.90 Å². The monoisotopic (exact) mass is 306 g/mol. The van der Waals surface area contributed by atoms with E-state index in [4.69, 9.17) is 17.3 Å². The topological polar surface area (TPSA) is 29.3 Å². The Morgan fingerprint density at radius 1 is 1.47 bits per heavy atom. The van der Waals surface area contributed by atoms with Gasteiger partial charge in [-0.25, -0.2) is 4.39 Å². The van der Waals surface area contributed by atoms with E-state index in [1.807, 2.05) is 0 Å². The van der Waals surface area contributed by atoms with Crippen LogP contribution in [0.5, 0.6) is 0 Å². The molecule has 19 heavy (non-hydrogen) atoms. The van der Waals surface area contributed by atoms with E-state index >= 15 is 0 Å². The van der Waals surface area contributed by atoms with Gasteiger partial charge in [-0.3, -0.25) is 4.90 Å². The van der Waals surface area contributed by atoms with Gasteiger partial charge in [0.05, 0.1) is 0 Å². The molecular formula is C14H21Cl2FN2. The van der Waals surface area contributed by atoms with E-state index in [2.05, 4.69) is 18.7 Å². The van der Waals surface area contributed by atoms with Gasteiger partial charge < -0.3 is 5.73 Å². The minimum absolute atomic E-state index is 0. The summed E-state index contributed by atoms with van der Waals surface area (Å²) < 4.78 is 13.7. The maximum atomic E-state index is 13.7. The molecule has 1 heterocycles. The van der Waals surface area contributed by atoms with Gasteiger partial charge in [0.1, 0.15) is 5.82 Å². The molecule has 2 nitrogen and oxygen atoms in total. The molecule has 1 aromatic carbocycles. The molecule has 1 atom stereocenters. The molecule has 0 amide bonds. The van der Waals surface area contributed by atoms with Crippen LogP contribution >= 0.6 is 24.0 Å². The Kier molecular flexibility index (Phi) is 5.63. The van der Waals surface area contributed by atoms with Crippen LogP contribution in [0.2, 0.25) is 5.02 Å². The molecule has 1 saturated heterocycles. The van der Waals surface area contributed by atoms with E-state index in [1.165, 1.54) is 6.07 Å². The summed E-state index contributed by atoms with van der Waals surface area (Å²) in [5.74, 6) is -0.188. The van der Waals surface area contributed by atoms with Crippen molar-refractivity contribution in [2.75, 3.05) is 13.1 Å². The largest absolute Gasteiger partial charge is 0.327 e. The molecule has 0 spiro atoms. The molecule has 1 aliphatic rings. The number of likely N-dealkylation sites (tertiary alicyclic amines) is 1. The predicted octanol–water partition coefficient (Wildman–Crippen LogP) is 3.46. The van der Waals surface area contributed by atoms with Crippen LogP contribution in [0.25, 0.3) is 0 Å². The van der Waals surface area contributed by atoms with Gasteiger partial charge in [-0.2, -0.15) is 0 Å². The van der Waals surface area contributed by atoms with Crippen LogP contribution in [-0.4, -0.2) is 24.0 Å². The van der Waals surface area contributed by atoms with Gasteiger partial charge in [-0.15, -0.1) is 12.4 Å². The third-order valence-electron chi connectivity index (χ3n) is 3.79. The van der Waals surface area contributed by atoms with Crippen molar-refractivity contribution in [3.63, 3.8) is 0 Å². The van der Waals surface area contributed by atoms with Gasteiger partial charge in [-0.1, -0.05) is 25.4 Å². The average Bonchev–Trinajstić information content (AvgIpc) is 2.28. The van der Waals surface area contributed by atoms with Crippen molar-refractivity contribution in [1.29, 1.82) is 0 Å². The molecule has 108 valence electrons. The van der Waals surface area contributed by atoms with Crippen molar-refractivity contribution in [2.45, 2.75) is 32.9 Å². The molecule has 0 saturated carbocycles. The fourth-order valence-electron chi connectivity index (χ4n) is 2.53. The van der Waals surface area contributed by atoms with Crippen molar-refractivity contribution in [2.24, 2.45) is 11.1 Å². The number of piperidine rings is 1. The fourth-order valence-corrected chi connectivity index (χ4v) is 2.72. The summed E-state index contributed by atoms with van der Waals surface area (Å²) in [5.41, 5.74) is 6.84. The van der Waals surface area contributed by atoms with E-state index in [1.54, 1.807) is 12.1 Å². The van der Waals surface area contributed by atoms with Gasteiger partial charge in [-0.05, 0) is 30.0 Å². The lowest BCUT2D eigenvalue weighted by atomic mass is 9.79. The Hall–Kier alpha value is -0.350. The normalized spacial score (nSPS) is 22.9. The van der Waals surface area contributed by atoms with Gasteiger partial charge in [0.15, 0.2) is 0 Å². The summed E-state index contributed by atoms with van der Waals surface area (Å²) in [4.78, 5) is 2.25. The highest BCUT2D eigenvalue weighted by Crippen LogP contribution is 2.29. The summed E-state index contributed by atoms with van der Waals surface area (Å²) in [5, 5.41) is 0.583. The maximum Gasteiger partial charge on any atom is 0.127 e. The summed E-state index contributed by atoms with van der Waals surface area (Å²) >= 11 is 5.91. The molecule has 5 heteroatoms. The van der Waals surface area contributed by atoms with Crippen molar-refractivity contribution < 1.29 is 4.39 Å². The lowest BCUT2D eigenvalue weighted by Gasteiger charge is -2.42. The Morgan fingerprint density at radius 2 is 2.16 bits per heavy atom. The van der Waals surface area contributed by atoms with E-state index in [-0.39, 0.29) is 29.7 Å². The molecule has 1 aromatic rings. The third-order valence-corrected chi connectivity index (χ3v) is 4.03. The number of hydrogen-bond donors (Lipinski definition) is 1. The van der Waals surface area contributed by atoms with Crippen LogP contribution in [0, 0.1) is 11.2 Å². The minimum atomic E-state index is -0.188. The van der Waals surface area contributed by atoms with Crippen molar-refractivity contribution >= 4 is 24.0 Å². The van der Waals surface area contributed by atoms with Gasteiger partial charge in [0, 0.05) is 36.3 Å². The first-order chi connectivity index (χ1) is 8.38. The van der Waals surface area contributed by atoms with Crippen molar-refractivity contribution in [3.05, 3.63) is 34.6 Å². The smallest absolute Gasteiger partial charge is 0.127 e. The van der Waals surface area contributed by atoms with Gasteiger partial charge >= 0.3 is 0 Å². The van der Waals surface area contributed by atoms with Crippen LogP contribution < -0.4 is 5.73 Å². The Balaban J connectivity index is 0.00000180. The molecule has 0 radical (unpaired) electrons. The number of benzene rings is 1. The van der Waals surface area contributed by atoms with Crippen LogP contribution in [0.4, 0.5) is 4.39 Å². The zero-order valence-electron chi connectivity index (χ0n) is 11.3. The maximum absolute atomic E-state index is 13.7. The highest BCUT2D eigenvalue weighted by Gasteiger charge is 2.33. The highest BCUT2D eigenvalue weighted by atomic mass is 35.5. The first-order valence-electron chi connectivity index (χ1n) is 6.30. The lowest BCUT2D eigenvalue weighted by Crippen LogP contribution is -2.52. The predicted molar refractivity (Wildman–Crippen MR) is 80.3 cm³/mol. The molecule has 0 aromatic heterocycles. The number of rotatable bonds is 2. The van der Waals surface area contributed by atoms with E-state index in [0.29, 0.717) is 17.1 Å². The number of hydrogen-bond acceptors (Lipinski definition) is 2. The molecule has 2 N–H and O–H groups in total. The Morgan fingerprint density at radius 3 is 2.79 bits per heavy atom. The van der Waals surface area contributed by atoms with Crippen molar-refractivity contribution in [3.8, 4) is 0 Å². The number of halogens is 3. The summed E-state index contributed by atoms with van der Waals surface area (Å²) in [7, 11) is 0. The lowest BCUT2D eigenvalue weighted by molar-refractivity contribution is 0.0890.